The maximum Gasteiger partial charge on any atom is 0.249 e. The zero-order valence-corrected chi connectivity index (χ0v) is 20.7. The van der Waals surface area contributed by atoms with Gasteiger partial charge in [0.1, 0.15) is 6.04 Å². The van der Waals surface area contributed by atoms with Crippen LogP contribution in [-0.4, -0.2) is 35.0 Å². The van der Waals surface area contributed by atoms with Crippen molar-refractivity contribution in [1.82, 2.24) is 5.01 Å². The quantitative estimate of drug-likeness (QED) is 0.385. The Balaban J connectivity index is 1.35. The molecular weight excluding hydrogens is 500 g/mol. The minimum atomic E-state index is -0.971. The van der Waals surface area contributed by atoms with E-state index in [0.717, 1.165) is 21.9 Å². The molecule has 7 rings (SSSR count). The molecule has 0 aromatic heterocycles. The SMILES string of the molecule is O=C(Nc1ccc(Cl)cc1)C1C2C(=O)N(c3cccc4ccccc34)C(=O)C2C2c3ccccc3C=NN12. The second-order valence-corrected chi connectivity index (χ2v) is 10.1. The Bertz CT molecular complexity index is 1660. The van der Waals surface area contributed by atoms with Crippen LogP contribution in [0.25, 0.3) is 10.8 Å². The molecule has 0 spiro atoms. The van der Waals surface area contributed by atoms with Gasteiger partial charge in [0.15, 0.2) is 0 Å². The smallest absolute Gasteiger partial charge is 0.249 e. The third-order valence-electron chi connectivity index (χ3n) is 7.68. The lowest BCUT2D eigenvalue weighted by atomic mass is 9.85. The van der Waals surface area contributed by atoms with Crippen LogP contribution < -0.4 is 10.2 Å². The molecule has 3 aliphatic rings. The number of halogens is 1. The lowest BCUT2D eigenvalue weighted by Gasteiger charge is -2.33. The highest BCUT2D eigenvalue weighted by molar-refractivity contribution is 6.30. The van der Waals surface area contributed by atoms with Gasteiger partial charge in [-0.1, -0.05) is 72.3 Å². The minimum Gasteiger partial charge on any atom is -0.324 e. The van der Waals surface area contributed by atoms with E-state index in [-0.39, 0.29) is 5.91 Å². The van der Waals surface area contributed by atoms with E-state index < -0.39 is 35.7 Å². The summed E-state index contributed by atoms with van der Waals surface area (Å²) in [7, 11) is 0. The molecule has 3 aliphatic heterocycles. The van der Waals surface area contributed by atoms with Crippen LogP contribution in [-0.2, 0) is 14.4 Å². The summed E-state index contributed by atoms with van der Waals surface area (Å²) in [6.07, 6.45) is 1.69. The molecule has 3 heterocycles. The Morgan fingerprint density at radius 1 is 0.816 bits per heavy atom. The standard InChI is InChI=1S/C30H21ClN4O3/c31-19-12-14-20(15-13-19)33-28(36)27-25-24(26-22-10-4-2-7-18(22)16-32-35(26)27)29(37)34(30(25)38)23-11-5-8-17-6-1-3-9-21(17)23/h1-16,24-27H,(H,33,36). The highest BCUT2D eigenvalue weighted by Gasteiger charge is 2.65. The largest absolute Gasteiger partial charge is 0.324 e. The first-order chi connectivity index (χ1) is 18.5. The van der Waals surface area contributed by atoms with E-state index in [4.69, 9.17) is 11.6 Å². The summed E-state index contributed by atoms with van der Waals surface area (Å²) in [4.78, 5) is 43.3. The van der Waals surface area contributed by atoms with E-state index in [1.807, 2.05) is 60.7 Å². The van der Waals surface area contributed by atoms with Crippen LogP contribution in [0.3, 0.4) is 0 Å². The van der Waals surface area contributed by atoms with Crippen LogP contribution in [0, 0.1) is 11.8 Å². The Morgan fingerprint density at radius 2 is 1.53 bits per heavy atom. The highest BCUT2D eigenvalue weighted by Crippen LogP contribution is 2.53. The summed E-state index contributed by atoms with van der Waals surface area (Å²) in [6.45, 7) is 0. The number of carbonyl (C=O) groups excluding carboxylic acids is 3. The topological polar surface area (TPSA) is 82.1 Å². The van der Waals surface area contributed by atoms with Crippen molar-refractivity contribution in [1.29, 1.82) is 0 Å². The molecule has 0 bridgehead atoms. The summed E-state index contributed by atoms with van der Waals surface area (Å²) >= 11 is 6.01. The Labute approximate surface area is 223 Å². The molecule has 8 heteroatoms. The fourth-order valence-corrected chi connectivity index (χ4v) is 6.18. The van der Waals surface area contributed by atoms with Gasteiger partial charge in [-0.05, 0) is 46.8 Å². The predicted octanol–water partition coefficient (Wildman–Crippen LogP) is 5.01. The van der Waals surface area contributed by atoms with Crippen molar-refractivity contribution < 1.29 is 14.4 Å². The average Bonchev–Trinajstić information content (AvgIpc) is 3.42. The van der Waals surface area contributed by atoms with E-state index >= 15 is 0 Å². The van der Waals surface area contributed by atoms with Crippen molar-refractivity contribution in [2.45, 2.75) is 12.1 Å². The Morgan fingerprint density at radius 3 is 2.37 bits per heavy atom. The molecule has 1 N–H and O–H groups in total. The van der Waals surface area contributed by atoms with Crippen LogP contribution in [0.2, 0.25) is 5.02 Å². The fraction of sp³-hybridized carbons (Fsp3) is 0.133. The van der Waals surface area contributed by atoms with Crippen molar-refractivity contribution in [2.24, 2.45) is 16.9 Å². The zero-order valence-electron chi connectivity index (χ0n) is 20.0. The number of imide groups is 1. The number of carbonyl (C=O) groups is 3. The molecule has 0 aliphatic carbocycles. The second-order valence-electron chi connectivity index (χ2n) is 9.70. The molecule has 186 valence electrons. The first-order valence-electron chi connectivity index (χ1n) is 12.4. The van der Waals surface area contributed by atoms with Crippen LogP contribution >= 0.6 is 11.6 Å². The van der Waals surface area contributed by atoms with E-state index in [1.54, 1.807) is 41.6 Å². The zero-order chi connectivity index (χ0) is 26.0. The summed E-state index contributed by atoms with van der Waals surface area (Å²) in [5.74, 6) is -2.78. The number of nitrogens with one attached hydrogen (secondary N) is 1. The van der Waals surface area contributed by atoms with Crippen LogP contribution in [0.15, 0.2) is 96.1 Å². The molecule has 4 aromatic rings. The van der Waals surface area contributed by atoms with Crippen LogP contribution in [0.5, 0.6) is 0 Å². The molecule has 2 saturated heterocycles. The number of benzene rings is 4. The first-order valence-corrected chi connectivity index (χ1v) is 12.7. The maximum absolute atomic E-state index is 14.2. The number of rotatable bonds is 3. The van der Waals surface area contributed by atoms with Gasteiger partial charge in [0, 0.05) is 16.1 Å². The summed E-state index contributed by atoms with van der Waals surface area (Å²) < 4.78 is 0. The van der Waals surface area contributed by atoms with Crippen molar-refractivity contribution in [3.8, 4) is 0 Å². The maximum atomic E-state index is 14.2. The van der Waals surface area contributed by atoms with Gasteiger partial charge in [-0.2, -0.15) is 5.10 Å². The molecule has 38 heavy (non-hydrogen) atoms. The van der Waals surface area contributed by atoms with Gasteiger partial charge in [0.05, 0.1) is 29.8 Å². The monoisotopic (exact) mass is 520 g/mol. The molecule has 0 radical (unpaired) electrons. The predicted molar refractivity (Wildman–Crippen MR) is 146 cm³/mol. The van der Waals surface area contributed by atoms with Crippen LogP contribution in [0.4, 0.5) is 11.4 Å². The van der Waals surface area contributed by atoms with Gasteiger partial charge in [0.2, 0.25) is 17.7 Å². The minimum absolute atomic E-state index is 0.319. The molecule has 7 nitrogen and oxygen atoms in total. The van der Waals surface area contributed by atoms with Gasteiger partial charge < -0.3 is 5.32 Å². The van der Waals surface area contributed by atoms with Crippen molar-refractivity contribution in [3.63, 3.8) is 0 Å². The van der Waals surface area contributed by atoms with Gasteiger partial charge in [-0.25, -0.2) is 4.90 Å². The second kappa shape index (κ2) is 8.53. The van der Waals surface area contributed by atoms with Gasteiger partial charge in [-0.3, -0.25) is 19.4 Å². The number of amides is 3. The average molecular weight is 521 g/mol. The van der Waals surface area contributed by atoms with Crippen LogP contribution in [0.1, 0.15) is 17.2 Å². The lowest BCUT2D eigenvalue weighted by molar-refractivity contribution is -0.129. The molecule has 2 fully saturated rings. The van der Waals surface area contributed by atoms with Gasteiger partial charge >= 0.3 is 0 Å². The van der Waals surface area contributed by atoms with E-state index in [1.165, 1.54) is 4.90 Å². The van der Waals surface area contributed by atoms with Crippen molar-refractivity contribution in [3.05, 3.63) is 107 Å². The number of hydrogen-bond donors (Lipinski definition) is 1. The number of nitrogens with zero attached hydrogens (tertiary/aromatic N) is 3. The van der Waals surface area contributed by atoms with E-state index in [2.05, 4.69) is 10.4 Å². The molecule has 0 saturated carbocycles. The summed E-state index contributed by atoms with van der Waals surface area (Å²) in [6, 6.07) is 26.1. The van der Waals surface area contributed by atoms with Crippen molar-refractivity contribution >= 4 is 57.7 Å². The normalized spacial score (nSPS) is 23.4. The van der Waals surface area contributed by atoms with Crippen molar-refractivity contribution in [2.75, 3.05) is 10.2 Å². The summed E-state index contributed by atoms with van der Waals surface area (Å²) in [5, 5.41) is 11.4. The summed E-state index contributed by atoms with van der Waals surface area (Å²) in [5.41, 5.74) is 2.82. The number of hydrazone groups is 1. The van der Waals surface area contributed by atoms with E-state index in [9.17, 15) is 14.4 Å². The van der Waals surface area contributed by atoms with Gasteiger partial charge in [-0.15, -0.1) is 0 Å². The Hall–Kier alpha value is -4.49. The Kier molecular flexibility index (Phi) is 5.09. The van der Waals surface area contributed by atoms with E-state index in [0.29, 0.717) is 16.4 Å². The fourth-order valence-electron chi connectivity index (χ4n) is 6.06. The molecule has 3 amide bonds. The number of fused-ring (bicyclic) bond motifs is 6. The lowest BCUT2D eigenvalue weighted by Crippen LogP contribution is -2.46. The molecular formula is C30H21ClN4O3. The molecule has 4 atom stereocenters. The number of hydrogen-bond acceptors (Lipinski definition) is 5. The third-order valence-corrected chi connectivity index (χ3v) is 7.93. The van der Waals surface area contributed by atoms with Gasteiger partial charge in [0.25, 0.3) is 0 Å². The molecule has 4 aromatic carbocycles. The number of anilines is 2. The first kappa shape index (κ1) is 22.7. The third kappa shape index (κ3) is 3.28. The molecule has 4 unspecified atom stereocenters. The highest BCUT2D eigenvalue weighted by atomic mass is 35.5.